The third kappa shape index (κ3) is 15.6. The first-order valence-corrected chi connectivity index (χ1v) is 27.1. The van der Waals surface area contributed by atoms with Crippen molar-refractivity contribution in [2.75, 3.05) is 46.4 Å². The molecule has 0 bridgehead atoms. The van der Waals surface area contributed by atoms with Gasteiger partial charge in [-0.2, -0.15) is 0 Å². The molecular formula is C50H61N9O7S3. The van der Waals surface area contributed by atoms with E-state index in [9.17, 15) is 25.3 Å². The number of benzene rings is 3. The van der Waals surface area contributed by atoms with Crippen molar-refractivity contribution in [2.45, 2.75) is 60.5 Å². The number of hydrogen-bond donors (Lipinski definition) is 3. The van der Waals surface area contributed by atoms with Crippen LogP contribution in [0.4, 0.5) is 0 Å². The Morgan fingerprint density at radius 1 is 0.435 bits per heavy atom. The lowest BCUT2D eigenvalue weighted by molar-refractivity contribution is 0.251. The molecule has 0 aliphatic carbocycles. The summed E-state index contributed by atoms with van der Waals surface area (Å²) in [5, 5.41) is 5.29. The summed E-state index contributed by atoms with van der Waals surface area (Å²) in [7, 11) is -9.06. The Bertz CT molecular complexity index is 2960. The topological polar surface area (TPSA) is 172 Å². The normalized spacial score (nSPS) is 16.2. The number of hydrazine groups is 3. The van der Waals surface area contributed by atoms with Crippen molar-refractivity contribution < 1.29 is 30.0 Å². The van der Waals surface area contributed by atoms with E-state index in [0.29, 0.717) is 49.9 Å². The van der Waals surface area contributed by atoms with Gasteiger partial charge in [-0.1, -0.05) is 54.1 Å². The highest BCUT2D eigenvalue weighted by atomic mass is 32.2. The van der Waals surface area contributed by atoms with Crippen molar-refractivity contribution in [1.29, 1.82) is 0 Å². The molecule has 0 radical (unpaired) electrons. The Kier molecular flexibility index (Phi) is 17.8. The van der Waals surface area contributed by atoms with E-state index in [4.69, 9.17) is 4.74 Å². The summed E-state index contributed by atoms with van der Waals surface area (Å²) in [6.07, 6.45) is 21.1. The molecule has 0 saturated carbocycles. The maximum Gasteiger partial charge on any atom is 0.253 e. The van der Waals surface area contributed by atoms with E-state index in [2.05, 4.69) is 46.4 Å². The zero-order valence-electron chi connectivity index (χ0n) is 38.9. The summed E-state index contributed by atoms with van der Waals surface area (Å²) in [4.78, 5) is 8.86. The van der Waals surface area contributed by atoms with E-state index >= 15 is 0 Å². The third-order valence-electron chi connectivity index (χ3n) is 11.3. The second-order valence-electron chi connectivity index (χ2n) is 16.9. The van der Waals surface area contributed by atoms with E-state index in [-0.39, 0.29) is 9.79 Å². The van der Waals surface area contributed by atoms with Crippen molar-refractivity contribution in [3.63, 3.8) is 0 Å². The second kappa shape index (κ2) is 24.1. The minimum atomic E-state index is -3.58. The first kappa shape index (κ1) is 51.0. The summed E-state index contributed by atoms with van der Waals surface area (Å²) in [6, 6.07) is 33.6. The van der Waals surface area contributed by atoms with Gasteiger partial charge in [0.2, 0.25) is 0 Å². The fraction of sp³-hybridized carbons (Fsp3) is 0.280. The zero-order valence-corrected chi connectivity index (χ0v) is 41.4. The lowest BCUT2D eigenvalue weighted by Gasteiger charge is -2.27. The molecule has 6 heterocycles. The van der Waals surface area contributed by atoms with Crippen LogP contribution in [0.2, 0.25) is 0 Å². The summed E-state index contributed by atoms with van der Waals surface area (Å²) in [5.41, 5.74) is 4.64. The summed E-state index contributed by atoms with van der Waals surface area (Å²) < 4.78 is 85.9. The molecule has 3 aliphatic rings. The zero-order chi connectivity index (χ0) is 48.7. The molecule has 16 nitrogen and oxygen atoms in total. The molecule has 3 aliphatic heterocycles. The fourth-order valence-corrected chi connectivity index (χ4v) is 11.2. The van der Waals surface area contributed by atoms with E-state index in [1.54, 1.807) is 88.9 Å². The van der Waals surface area contributed by atoms with Crippen LogP contribution in [-0.2, 0) is 49.7 Å². The number of rotatable bonds is 16. The predicted molar refractivity (Wildman–Crippen MR) is 268 cm³/mol. The lowest BCUT2D eigenvalue weighted by Crippen LogP contribution is -2.45. The molecular weight excluding hydrogens is 935 g/mol. The van der Waals surface area contributed by atoms with E-state index < -0.39 is 30.1 Å². The van der Waals surface area contributed by atoms with Crippen LogP contribution in [0.1, 0.15) is 24.8 Å². The number of aromatic nitrogens is 3. The van der Waals surface area contributed by atoms with Crippen molar-refractivity contribution in [3.8, 4) is 5.75 Å². The minimum absolute atomic E-state index is 0.227. The molecule has 0 fully saturated rings. The van der Waals surface area contributed by atoms with Gasteiger partial charge in [-0.25, -0.2) is 40.3 Å². The molecule has 69 heavy (non-hydrogen) atoms. The standard InChI is InChI=1S/C17H21N3O3S.C17H21N3O2S.C16H19N3O2S/c1-23-16-6-8-17(9-7-16)24(21,22)18-20-12-4-5-15(14-20)13-19-10-2-3-11-19;1-15-6-8-17(9-7-15)23(21,22)18-20-12-4-5-16(14-20)13-19-10-2-3-11-19;20-22(21,16-8-2-1-3-9-16)17-19-12-6-7-15(14-19)13-18-10-4-5-11-18/h2-3,5-11,18H,4,12-14H2,1H3;2-3,5-11,18H,4,12-14H2,1H3;1-5,7-11,17H,6,12-14H2. The van der Waals surface area contributed by atoms with Gasteiger partial charge in [0.25, 0.3) is 30.1 Å². The highest BCUT2D eigenvalue weighted by Gasteiger charge is 2.24. The Morgan fingerprint density at radius 2 is 0.754 bits per heavy atom. The van der Waals surface area contributed by atoms with Gasteiger partial charge in [-0.05, 0) is 128 Å². The van der Waals surface area contributed by atoms with Gasteiger partial charge in [-0.3, -0.25) is 0 Å². The van der Waals surface area contributed by atoms with Crippen LogP contribution < -0.4 is 19.2 Å². The number of ether oxygens (including phenoxy) is 1. The van der Waals surface area contributed by atoms with Crippen LogP contribution in [0.5, 0.6) is 5.75 Å². The number of aryl methyl sites for hydroxylation is 1. The van der Waals surface area contributed by atoms with Gasteiger partial charge in [0.15, 0.2) is 0 Å². The third-order valence-corrected chi connectivity index (χ3v) is 15.5. The predicted octanol–water partition coefficient (Wildman–Crippen LogP) is 6.36. The van der Waals surface area contributed by atoms with E-state index in [0.717, 1.165) is 44.5 Å². The molecule has 19 heteroatoms. The van der Waals surface area contributed by atoms with Crippen molar-refractivity contribution in [1.82, 2.24) is 43.2 Å². The van der Waals surface area contributed by atoms with Gasteiger partial charge in [0, 0.05) is 96.1 Å². The van der Waals surface area contributed by atoms with Gasteiger partial charge in [0.1, 0.15) is 5.75 Å². The number of methoxy groups -OCH3 is 1. The van der Waals surface area contributed by atoms with Crippen LogP contribution in [0.25, 0.3) is 0 Å². The maximum absolute atomic E-state index is 12.5. The largest absolute Gasteiger partial charge is 0.497 e. The van der Waals surface area contributed by atoms with E-state index in [1.807, 2.05) is 92.6 Å². The molecule has 0 unspecified atom stereocenters. The highest BCUT2D eigenvalue weighted by molar-refractivity contribution is 7.90. The number of nitrogens with one attached hydrogen (secondary N) is 3. The van der Waals surface area contributed by atoms with Crippen LogP contribution >= 0.6 is 0 Å². The highest BCUT2D eigenvalue weighted by Crippen LogP contribution is 2.19. The monoisotopic (exact) mass is 995 g/mol. The van der Waals surface area contributed by atoms with Crippen molar-refractivity contribution >= 4 is 30.1 Å². The molecule has 366 valence electrons. The molecule has 0 spiro atoms. The molecule has 3 N–H and O–H groups in total. The van der Waals surface area contributed by atoms with Crippen LogP contribution in [-0.4, -0.2) is 100 Å². The van der Waals surface area contributed by atoms with Crippen molar-refractivity contribution in [3.05, 3.63) is 193 Å². The fourth-order valence-electron chi connectivity index (χ4n) is 7.89. The molecule has 9 rings (SSSR count). The molecule has 6 aromatic rings. The Balaban J connectivity index is 0.000000153. The Morgan fingerprint density at radius 3 is 1.09 bits per heavy atom. The maximum atomic E-state index is 12.5. The lowest BCUT2D eigenvalue weighted by atomic mass is 10.1. The Labute approximate surface area is 406 Å². The van der Waals surface area contributed by atoms with Gasteiger partial charge >= 0.3 is 0 Å². The SMILES string of the molecule is COc1ccc(S(=O)(=O)NN2CCC=C(Cn3cccc3)C2)cc1.Cc1ccc(S(=O)(=O)NN2CCC=C(Cn3cccc3)C2)cc1.O=S(=O)(NN1CCC=C(Cn2cccc2)C1)c1ccccc1. The van der Waals surface area contributed by atoms with Gasteiger partial charge < -0.3 is 18.4 Å². The number of sulfonamides is 3. The smallest absolute Gasteiger partial charge is 0.253 e. The second-order valence-corrected chi connectivity index (χ2v) is 21.9. The Hall–Kier alpha value is -5.87. The van der Waals surface area contributed by atoms with Crippen LogP contribution in [0, 0.1) is 6.92 Å². The molecule has 3 aromatic heterocycles. The first-order valence-electron chi connectivity index (χ1n) is 22.7. The number of nitrogens with zero attached hydrogens (tertiary/aromatic N) is 6. The molecule has 0 amide bonds. The summed E-state index contributed by atoms with van der Waals surface area (Å²) in [6.45, 7) is 8.08. The summed E-state index contributed by atoms with van der Waals surface area (Å²) >= 11 is 0. The first-order chi connectivity index (χ1) is 33.2. The quantitative estimate of drug-likeness (QED) is 0.0928. The molecule has 0 atom stereocenters. The van der Waals surface area contributed by atoms with Crippen molar-refractivity contribution in [2.24, 2.45) is 0 Å². The molecule has 0 saturated heterocycles. The van der Waals surface area contributed by atoms with Crippen LogP contribution in [0.3, 0.4) is 0 Å². The van der Waals surface area contributed by atoms with Crippen LogP contribution in [0.15, 0.2) is 202 Å². The van der Waals surface area contributed by atoms with Gasteiger partial charge in [0.05, 0.1) is 21.8 Å². The minimum Gasteiger partial charge on any atom is -0.497 e. The molecule has 3 aromatic carbocycles. The van der Waals surface area contributed by atoms with Gasteiger partial charge in [-0.15, -0.1) is 14.5 Å². The average molecular weight is 996 g/mol. The average Bonchev–Trinajstić information content (AvgIpc) is 4.17. The van der Waals surface area contributed by atoms with E-state index in [1.165, 1.54) is 16.7 Å². The number of hydrogen-bond acceptors (Lipinski definition) is 10. The summed E-state index contributed by atoms with van der Waals surface area (Å²) in [5.74, 6) is 0.629.